The lowest BCUT2D eigenvalue weighted by atomic mass is 10.1. The highest BCUT2D eigenvalue weighted by atomic mass is 16.2. The van der Waals surface area contributed by atoms with Crippen molar-refractivity contribution in [2.45, 2.75) is 39.0 Å². The molecule has 1 aromatic rings. The summed E-state index contributed by atoms with van der Waals surface area (Å²) in [6, 6.07) is 5.82. The highest BCUT2D eigenvalue weighted by molar-refractivity contribution is 5.98. The van der Waals surface area contributed by atoms with Gasteiger partial charge in [0.15, 0.2) is 0 Å². The van der Waals surface area contributed by atoms with Crippen LogP contribution in [0.5, 0.6) is 0 Å². The van der Waals surface area contributed by atoms with Crippen LogP contribution < -0.4 is 10.2 Å². The summed E-state index contributed by atoms with van der Waals surface area (Å²) in [6.45, 7) is 2.28. The number of fused-ring (bicyclic) bond motifs is 1. The predicted molar refractivity (Wildman–Crippen MR) is 78.8 cm³/mol. The van der Waals surface area contributed by atoms with E-state index in [2.05, 4.69) is 5.32 Å². The Balaban J connectivity index is 1.79. The van der Waals surface area contributed by atoms with Gasteiger partial charge in [0.2, 0.25) is 11.8 Å². The highest BCUT2D eigenvalue weighted by Gasteiger charge is 2.31. The molecule has 2 amide bonds. The molecule has 1 aliphatic heterocycles. The first-order valence-corrected chi connectivity index (χ1v) is 7.37. The topological polar surface area (TPSA) is 49.4 Å². The van der Waals surface area contributed by atoms with E-state index >= 15 is 0 Å². The molecule has 3 rings (SSSR count). The van der Waals surface area contributed by atoms with Gasteiger partial charge >= 0.3 is 0 Å². The number of hydrogen-bond donors (Lipinski definition) is 1. The van der Waals surface area contributed by atoms with Crippen molar-refractivity contribution in [2.75, 3.05) is 16.8 Å². The summed E-state index contributed by atoms with van der Waals surface area (Å²) in [5.74, 6) is 0.436. The van der Waals surface area contributed by atoms with E-state index in [1.165, 1.54) is 19.8 Å². The van der Waals surface area contributed by atoms with Crippen LogP contribution in [0.25, 0.3) is 0 Å². The van der Waals surface area contributed by atoms with Crippen LogP contribution in [0, 0.1) is 5.92 Å². The Morgan fingerprint density at radius 2 is 2.00 bits per heavy atom. The zero-order chi connectivity index (χ0) is 14.1. The van der Waals surface area contributed by atoms with Gasteiger partial charge in [-0.3, -0.25) is 9.59 Å². The molecule has 4 heteroatoms. The van der Waals surface area contributed by atoms with Crippen LogP contribution in [0.3, 0.4) is 0 Å². The predicted octanol–water partition coefficient (Wildman–Crippen LogP) is 2.72. The van der Waals surface area contributed by atoms with Crippen LogP contribution in [-0.4, -0.2) is 18.4 Å². The van der Waals surface area contributed by atoms with Gasteiger partial charge in [-0.05, 0) is 43.0 Å². The van der Waals surface area contributed by atoms with Crippen LogP contribution in [0.1, 0.15) is 38.2 Å². The second-order valence-corrected chi connectivity index (χ2v) is 5.75. The number of hydrogen-bond acceptors (Lipinski definition) is 2. The minimum absolute atomic E-state index is 0.0677. The zero-order valence-electron chi connectivity index (χ0n) is 11.8. The molecule has 0 radical (unpaired) electrons. The van der Waals surface area contributed by atoms with Gasteiger partial charge in [0, 0.05) is 30.8 Å². The molecule has 0 unspecified atom stereocenters. The summed E-state index contributed by atoms with van der Waals surface area (Å²) in [4.78, 5) is 25.5. The maximum absolute atomic E-state index is 12.5. The third kappa shape index (κ3) is 2.42. The van der Waals surface area contributed by atoms with E-state index in [4.69, 9.17) is 0 Å². The number of rotatable bonds is 2. The monoisotopic (exact) mass is 272 g/mol. The minimum Gasteiger partial charge on any atom is -0.326 e. The van der Waals surface area contributed by atoms with Gasteiger partial charge in [0.1, 0.15) is 0 Å². The van der Waals surface area contributed by atoms with E-state index in [0.29, 0.717) is 0 Å². The second-order valence-electron chi connectivity index (χ2n) is 5.75. The third-order valence-corrected chi connectivity index (χ3v) is 4.27. The lowest BCUT2D eigenvalue weighted by molar-refractivity contribution is -0.122. The summed E-state index contributed by atoms with van der Waals surface area (Å²) >= 11 is 0. The first-order valence-electron chi connectivity index (χ1n) is 7.37. The number of benzene rings is 1. The van der Waals surface area contributed by atoms with Crippen LogP contribution in [0.15, 0.2) is 18.2 Å². The molecule has 106 valence electrons. The van der Waals surface area contributed by atoms with Gasteiger partial charge in [0.05, 0.1) is 0 Å². The van der Waals surface area contributed by atoms with E-state index in [0.717, 1.165) is 42.7 Å². The first kappa shape index (κ1) is 13.2. The van der Waals surface area contributed by atoms with Gasteiger partial charge in [-0.25, -0.2) is 0 Å². The number of anilines is 2. The third-order valence-electron chi connectivity index (χ3n) is 4.27. The molecule has 0 bridgehead atoms. The number of nitrogens with one attached hydrogen (secondary N) is 1. The Morgan fingerprint density at radius 1 is 1.25 bits per heavy atom. The van der Waals surface area contributed by atoms with Crippen molar-refractivity contribution < 1.29 is 9.59 Å². The maximum atomic E-state index is 12.5. The van der Waals surface area contributed by atoms with Gasteiger partial charge < -0.3 is 10.2 Å². The van der Waals surface area contributed by atoms with E-state index in [9.17, 15) is 9.59 Å². The Hall–Kier alpha value is -1.84. The SMILES string of the molecule is CC(=O)Nc1ccc2c(c1)CCN2C(=O)C1CCCC1. The fourth-order valence-electron chi connectivity index (χ4n) is 3.30. The smallest absolute Gasteiger partial charge is 0.230 e. The van der Waals surface area contributed by atoms with Crippen LogP contribution in [-0.2, 0) is 16.0 Å². The molecule has 1 saturated carbocycles. The van der Waals surface area contributed by atoms with Gasteiger partial charge in [-0.2, -0.15) is 0 Å². The fraction of sp³-hybridized carbons (Fsp3) is 0.500. The Kier molecular flexibility index (Phi) is 3.47. The van der Waals surface area contributed by atoms with Crippen molar-refractivity contribution >= 4 is 23.2 Å². The molecule has 1 fully saturated rings. The largest absolute Gasteiger partial charge is 0.326 e. The van der Waals surface area contributed by atoms with Crippen molar-refractivity contribution in [1.29, 1.82) is 0 Å². The number of amides is 2. The van der Waals surface area contributed by atoms with Gasteiger partial charge in [0.25, 0.3) is 0 Å². The molecule has 1 heterocycles. The molecular weight excluding hydrogens is 252 g/mol. The lowest BCUT2D eigenvalue weighted by Crippen LogP contribution is -2.33. The number of carbonyl (C=O) groups is 2. The molecule has 4 nitrogen and oxygen atoms in total. The van der Waals surface area contributed by atoms with Crippen molar-refractivity contribution in [2.24, 2.45) is 5.92 Å². The lowest BCUT2D eigenvalue weighted by Gasteiger charge is -2.21. The van der Waals surface area contributed by atoms with E-state index in [-0.39, 0.29) is 17.7 Å². The van der Waals surface area contributed by atoms with Crippen molar-refractivity contribution in [3.63, 3.8) is 0 Å². The molecular formula is C16H20N2O2. The molecule has 2 aliphatic rings. The number of carbonyl (C=O) groups excluding carboxylic acids is 2. The second kappa shape index (κ2) is 5.27. The number of nitrogens with zero attached hydrogens (tertiary/aromatic N) is 1. The Bertz CT molecular complexity index is 547. The standard InChI is InChI=1S/C16H20N2O2/c1-11(19)17-14-6-7-15-13(10-14)8-9-18(15)16(20)12-4-2-3-5-12/h6-7,10,12H,2-5,8-9H2,1H3,(H,17,19). The highest BCUT2D eigenvalue weighted by Crippen LogP contribution is 2.34. The Morgan fingerprint density at radius 3 is 2.70 bits per heavy atom. The normalized spacial score (nSPS) is 18.1. The van der Waals surface area contributed by atoms with Crippen LogP contribution in [0.4, 0.5) is 11.4 Å². The van der Waals surface area contributed by atoms with Crippen molar-refractivity contribution in [1.82, 2.24) is 0 Å². The molecule has 0 atom stereocenters. The molecule has 0 saturated heterocycles. The summed E-state index contributed by atoms with van der Waals surface area (Å²) in [5.41, 5.74) is 2.99. The first-order chi connectivity index (χ1) is 9.65. The quantitative estimate of drug-likeness (QED) is 0.900. The van der Waals surface area contributed by atoms with E-state index in [1.807, 2.05) is 23.1 Å². The molecule has 1 N–H and O–H groups in total. The van der Waals surface area contributed by atoms with E-state index < -0.39 is 0 Å². The summed E-state index contributed by atoms with van der Waals surface area (Å²) in [5, 5.41) is 2.79. The van der Waals surface area contributed by atoms with Crippen LogP contribution in [0.2, 0.25) is 0 Å². The average molecular weight is 272 g/mol. The molecule has 1 aliphatic carbocycles. The zero-order valence-corrected chi connectivity index (χ0v) is 11.8. The molecule has 0 spiro atoms. The Labute approximate surface area is 119 Å². The summed E-state index contributed by atoms with van der Waals surface area (Å²) in [6.07, 6.45) is 5.31. The fourth-order valence-corrected chi connectivity index (χ4v) is 3.30. The van der Waals surface area contributed by atoms with Gasteiger partial charge in [-0.15, -0.1) is 0 Å². The summed E-state index contributed by atoms with van der Waals surface area (Å²) < 4.78 is 0. The average Bonchev–Trinajstić information content (AvgIpc) is 3.06. The van der Waals surface area contributed by atoms with E-state index in [1.54, 1.807) is 0 Å². The maximum Gasteiger partial charge on any atom is 0.230 e. The molecule has 20 heavy (non-hydrogen) atoms. The minimum atomic E-state index is -0.0677. The van der Waals surface area contributed by atoms with Crippen molar-refractivity contribution in [3.05, 3.63) is 23.8 Å². The molecule has 0 aromatic heterocycles. The molecule has 1 aromatic carbocycles. The van der Waals surface area contributed by atoms with Crippen molar-refractivity contribution in [3.8, 4) is 0 Å². The summed E-state index contributed by atoms with van der Waals surface area (Å²) in [7, 11) is 0. The van der Waals surface area contributed by atoms with Gasteiger partial charge in [-0.1, -0.05) is 12.8 Å². The van der Waals surface area contributed by atoms with Crippen LogP contribution >= 0.6 is 0 Å².